The van der Waals surface area contributed by atoms with E-state index < -0.39 is 11.6 Å². The second kappa shape index (κ2) is 7.02. The number of hydrogen-bond donors (Lipinski definition) is 1. The van der Waals surface area contributed by atoms with Crippen molar-refractivity contribution < 1.29 is 8.78 Å². The van der Waals surface area contributed by atoms with Gasteiger partial charge in [0, 0.05) is 12.3 Å². The van der Waals surface area contributed by atoms with Crippen molar-refractivity contribution in [2.45, 2.75) is 39.3 Å². The molecule has 0 aliphatic heterocycles. The summed E-state index contributed by atoms with van der Waals surface area (Å²) in [6.45, 7) is 4.64. The average molecular weight is 358 g/mol. The second-order valence-electron chi connectivity index (χ2n) is 4.86. The molecule has 114 valence electrons. The predicted molar refractivity (Wildman–Crippen MR) is 83.2 cm³/mol. The van der Waals surface area contributed by atoms with Crippen LogP contribution in [0.3, 0.4) is 0 Å². The molecule has 0 atom stereocenters. The maximum atomic E-state index is 13.6. The molecule has 21 heavy (non-hydrogen) atoms. The molecule has 2 rings (SSSR count). The molecule has 1 heterocycles. The molecular formula is C15H18BrF2N3. The van der Waals surface area contributed by atoms with E-state index in [1.54, 1.807) is 0 Å². The van der Waals surface area contributed by atoms with Crippen LogP contribution in [0.1, 0.15) is 38.4 Å². The number of benzene rings is 1. The minimum Gasteiger partial charge on any atom is -0.377 e. The SMILES string of the molecule is CCC(CC)n1ccc(CNc2cc(Br)c(F)cc2F)n1. The first-order valence-corrected chi connectivity index (χ1v) is 7.76. The van der Waals surface area contributed by atoms with Gasteiger partial charge in [0.05, 0.1) is 28.4 Å². The summed E-state index contributed by atoms with van der Waals surface area (Å²) < 4.78 is 29.0. The maximum Gasteiger partial charge on any atom is 0.149 e. The number of halogens is 3. The fourth-order valence-corrected chi connectivity index (χ4v) is 2.53. The monoisotopic (exact) mass is 357 g/mol. The van der Waals surface area contributed by atoms with Gasteiger partial charge in [0.25, 0.3) is 0 Å². The molecule has 0 radical (unpaired) electrons. The molecule has 0 aliphatic rings. The van der Waals surface area contributed by atoms with E-state index in [0.29, 0.717) is 12.6 Å². The van der Waals surface area contributed by atoms with Crippen LogP contribution < -0.4 is 5.32 Å². The Bertz CT molecular complexity index is 609. The van der Waals surface area contributed by atoms with Crippen LogP contribution in [0, 0.1) is 11.6 Å². The largest absolute Gasteiger partial charge is 0.377 e. The third-order valence-corrected chi connectivity index (χ3v) is 4.06. The van der Waals surface area contributed by atoms with Crippen molar-refractivity contribution in [2.75, 3.05) is 5.32 Å². The summed E-state index contributed by atoms with van der Waals surface area (Å²) >= 11 is 3.05. The van der Waals surface area contributed by atoms with Crippen LogP contribution in [0.5, 0.6) is 0 Å². The van der Waals surface area contributed by atoms with Gasteiger partial charge in [0.1, 0.15) is 11.6 Å². The summed E-state index contributed by atoms with van der Waals surface area (Å²) in [5.74, 6) is -1.23. The van der Waals surface area contributed by atoms with Crippen molar-refractivity contribution in [3.05, 3.63) is 46.2 Å². The molecular weight excluding hydrogens is 340 g/mol. The Kier molecular flexibility index (Phi) is 5.33. The first kappa shape index (κ1) is 15.9. The predicted octanol–water partition coefficient (Wildman–Crippen LogP) is 4.90. The summed E-state index contributed by atoms with van der Waals surface area (Å²) in [5, 5.41) is 7.42. The zero-order valence-electron chi connectivity index (χ0n) is 12.0. The van der Waals surface area contributed by atoms with Crippen LogP contribution in [0.25, 0.3) is 0 Å². The zero-order chi connectivity index (χ0) is 15.4. The van der Waals surface area contributed by atoms with Gasteiger partial charge in [-0.2, -0.15) is 5.10 Å². The van der Waals surface area contributed by atoms with Crippen LogP contribution in [0.2, 0.25) is 0 Å². The third kappa shape index (κ3) is 3.81. The highest BCUT2D eigenvalue weighted by atomic mass is 79.9. The van der Waals surface area contributed by atoms with Gasteiger partial charge in [-0.3, -0.25) is 4.68 Å². The highest BCUT2D eigenvalue weighted by Crippen LogP contribution is 2.24. The number of nitrogens with one attached hydrogen (secondary N) is 1. The standard InChI is InChI=1S/C15H18BrF2N3/c1-3-11(4-2)21-6-5-10(20-21)9-19-15-7-12(16)13(17)8-14(15)18/h5-8,11,19H,3-4,9H2,1-2H3. The van der Waals surface area contributed by atoms with Crippen LogP contribution >= 0.6 is 15.9 Å². The van der Waals surface area contributed by atoms with Gasteiger partial charge < -0.3 is 5.32 Å². The van der Waals surface area contributed by atoms with Gasteiger partial charge >= 0.3 is 0 Å². The van der Waals surface area contributed by atoms with E-state index in [0.717, 1.165) is 24.6 Å². The minimum absolute atomic E-state index is 0.231. The number of anilines is 1. The lowest BCUT2D eigenvalue weighted by Crippen LogP contribution is -2.09. The second-order valence-corrected chi connectivity index (χ2v) is 5.71. The first-order chi connectivity index (χ1) is 10.0. The van der Waals surface area contributed by atoms with Gasteiger partial charge in [-0.15, -0.1) is 0 Å². The van der Waals surface area contributed by atoms with Crippen molar-refractivity contribution in [3.63, 3.8) is 0 Å². The van der Waals surface area contributed by atoms with Crippen LogP contribution in [0.15, 0.2) is 28.9 Å². The lowest BCUT2D eigenvalue weighted by molar-refractivity contribution is 0.426. The number of hydrogen-bond acceptors (Lipinski definition) is 2. The Morgan fingerprint density at radius 3 is 2.62 bits per heavy atom. The molecule has 1 N–H and O–H groups in total. The minimum atomic E-state index is -0.616. The third-order valence-electron chi connectivity index (χ3n) is 3.45. The Labute approximate surface area is 131 Å². The van der Waals surface area contributed by atoms with E-state index in [-0.39, 0.29) is 10.2 Å². The van der Waals surface area contributed by atoms with E-state index in [1.165, 1.54) is 6.07 Å². The molecule has 2 aromatic rings. The van der Waals surface area contributed by atoms with Gasteiger partial charge in [0.15, 0.2) is 0 Å². The average Bonchev–Trinajstić information content (AvgIpc) is 2.91. The molecule has 0 aliphatic carbocycles. The molecule has 0 bridgehead atoms. The van der Waals surface area contributed by atoms with E-state index in [2.05, 4.69) is 40.2 Å². The Hall–Kier alpha value is -1.43. The number of aromatic nitrogens is 2. The lowest BCUT2D eigenvalue weighted by Gasteiger charge is -2.12. The highest BCUT2D eigenvalue weighted by Gasteiger charge is 2.10. The van der Waals surface area contributed by atoms with E-state index in [1.807, 2.05) is 16.9 Å². The van der Waals surface area contributed by atoms with E-state index in [4.69, 9.17) is 0 Å². The molecule has 0 unspecified atom stereocenters. The van der Waals surface area contributed by atoms with Crippen molar-refractivity contribution in [2.24, 2.45) is 0 Å². The van der Waals surface area contributed by atoms with Gasteiger partial charge in [-0.1, -0.05) is 13.8 Å². The number of rotatable bonds is 6. The van der Waals surface area contributed by atoms with E-state index in [9.17, 15) is 8.78 Å². The molecule has 1 aromatic carbocycles. The Morgan fingerprint density at radius 2 is 1.95 bits per heavy atom. The lowest BCUT2D eigenvalue weighted by atomic mass is 10.2. The van der Waals surface area contributed by atoms with Gasteiger partial charge in [-0.05, 0) is 40.9 Å². The maximum absolute atomic E-state index is 13.6. The molecule has 0 spiro atoms. The molecule has 0 amide bonds. The quantitative estimate of drug-likeness (QED) is 0.745. The summed E-state index contributed by atoms with van der Waals surface area (Å²) in [7, 11) is 0. The summed E-state index contributed by atoms with van der Waals surface area (Å²) in [4.78, 5) is 0. The zero-order valence-corrected chi connectivity index (χ0v) is 13.6. The van der Waals surface area contributed by atoms with Gasteiger partial charge in [-0.25, -0.2) is 8.78 Å². The summed E-state index contributed by atoms with van der Waals surface area (Å²) in [5.41, 5.74) is 1.07. The fourth-order valence-electron chi connectivity index (χ4n) is 2.18. The van der Waals surface area contributed by atoms with Crippen molar-refractivity contribution in [3.8, 4) is 0 Å². The Morgan fingerprint density at radius 1 is 1.24 bits per heavy atom. The molecule has 0 saturated heterocycles. The summed E-state index contributed by atoms with van der Waals surface area (Å²) in [6, 6.07) is 4.54. The van der Waals surface area contributed by atoms with Crippen LogP contribution in [-0.4, -0.2) is 9.78 Å². The van der Waals surface area contributed by atoms with Gasteiger partial charge in [0.2, 0.25) is 0 Å². The smallest absolute Gasteiger partial charge is 0.149 e. The summed E-state index contributed by atoms with van der Waals surface area (Å²) in [6.07, 6.45) is 3.97. The fraction of sp³-hybridized carbons (Fsp3) is 0.400. The number of nitrogens with zero attached hydrogens (tertiary/aromatic N) is 2. The Balaban J connectivity index is 2.05. The van der Waals surface area contributed by atoms with Crippen molar-refractivity contribution >= 4 is 21.6 Å². The van der Waals surface area contributed by atoms with Crippen LogP contribution in [0.4, 0.5) is 14.5 Å². The van der Waals surface area contributed by atoms with Crippen molar-refractivity contribution in [1.29, 1.82) is 0 Å². The van der Waals surface area contributed by atoms with Crippen molar-refractivity contribution in [1.82, 2.24) is 9.78 Å². The van der Waals surface area contributed by atoms with E-state index >= 15 is 0 Å². The topological polar surface area (TPSA) is 29.9 Å². The molecule has 3 nitrogen and oxygen atoms in total. The molecule has 6 heteroatoms. The highest BCUT2D eigenvalue weighted by molar-refractivity contribution is 9.10. The molecule has 1 aromatic heterocycles. The first-order valence-electron chi connectivity index (χ1n) is 6.97. The van der Waals surface area contributed by atoms with Crippen LogP contribution in [-0.2, 0) is 6.54 Å². The molecule has 0 saturated carbocycles. The molecule has 0 fully saturated rings. The normalized spacial score (nSPS) is 11.1.